The van der Waals surface area contributed by atoms with E-state index in [1.807, 2.05) is 13.8 Å². The number of nitrogens with one attached hydrogen (secondary N) is 2. The van der Waals surface area contributed by atoms with Gasteiger partial charge in [-0.15, -0.1) is 0 Å². The summed E-state index contributed by atoms with van der Waals surface area (Å²) in [5.74, 6) is -2.01. The Bertz CT molecular complexity index is 853. The van der Waals surface area contributed by atoms with Crippen molar-refractivity contribution in [3.63, 3.8) is 0 Å². The molecule has 144 valence electrons. The molecule has 1 aromatic carbocycles. The van der Waals surface area contributed by atoms with Crippen molar-refractivity contribution in [1.82, 2.24) is 10.6 Å². The summed E-state index contributed by atoms with van der Waals surface area (Å²) < 4.78 is 4.84. The van der Waals surface area contributed by atoms with Crippen LogP contribution in [0.4, 0.5) is 5.69 Å². The van der Waals surface area contributed by atoms with E-state index in [-0.39, 0.29) is 33.9 Å². The maximum absolute atomic E-state index is 12.8. The Labute approximate surface area is 166 Å². The summed E-state index contributed by atoms with van der Waals surface area (Å²) >= 11 is 11.1. The largest absolute Gasteiger partial charge is 0.460 e. The number of benzene rings is 1. The summed E-state index contributed by atoms with van der Waals surface area (Å²) in [6, 6.07) is 3.30. The molecule has 1 aliphatic rings. The fourth-order valence-corrected chi connectivity index (χ4v) is 3.11. The number of carbonyl (C=O) groups is 2. The minimum absolute atomic E-state index is 0.0356. The smallest absolute Gasteiger partial charge is 0.379 e. The molecule has 2 N–H and O–H groups in total. The molecule has 0 fully saturated rings. The number of ketones is 1. The number of nitrogens with zero attached hydrogens (tertiary/aromatic N) is 1. The first-order valence-corrected chi connectivity index (χ1v) is 8.92. The zero-order chi connectivity index (χ0) is 20.3. The van der Waals surface area contributed by atoms with Gasteiger partial charge < -0.3 is 15.4 Å². The molecule has 0 saturated heterocycles. The topological polar surface area (TPSA) is 111 Å². The Morgan fingerprint density at radius 2 is 2.07 bits per heavy atom. The number of nitro groups is 1. The van der Waals surface area contributed by atoms with E-state index in [0.717, 1.165) is 0 Å². The molecule has 1 aliphatic heterocycles. The highest BCUT2D eigenvalue weighted by Crippen LogP contribution is 2.34. The van der Waals surface area contributed by atoms with Crippen LogP contribution in [0.5, 0.6) is 0 Å². The zero-order valence-corrected chi connectivity index (χ0v) is 16.4. The average Bonchev–Trinajstić information content (AvgIpc) is 2.60. The van der Waals surface area contributed by atoms with Gasteiger partial charge in [0.05, 0.1) is 23.1 Å². The van der Waals surface area contributed by atoms with E-state index < -0.39 is 22.7 Å². The number of nitro benzene ring substituents is 1. The molecule has 0 amide bonds. The third-order valence-electron chi connectivity index (χ3n) is 3.89. The number of halogens is 1. The van der Waals surface area contributed by atoms with Gasteiger partial charge in [-0.05, 0) is 36.7 Å². The molecule has 0 spiro atoms. The van der Waals surface area contributed by atoms with Crippen LogP contribution in [0.15, 0.2) is 29.5 Å². The minimum Gasteiger partial charge on any atom is -0.460 e. The molecule has 8 nitrogen and oxygen atoms in total. The second-order valence-electron chi connectivity index (χ2n) is 6.03. The highest BCUT2D eigenvalue weighted by molar-refractivity contribution is 7.80. The van der Waals surface area contributed by atoms with Crippen LogP contribution < -0.4 is 10.6 Å². The van der Waals surface area contributed by atoms with Crippen molar-refractivity contribution in [1.29, 1.82) is 0 Å². The number of rotatable bonds is 6. The molecular formula is C17H18ClN3O5S. The standard InChI is InChI=1S/C17H18ClN3O5S/c1-4-26-16(23)15(22)12-13(8(2)3)19-17(27)20-14(12)9-5-6-10(18)11(7-9)21(24)25/h5-8,14H,4H2,1-3H3,(H2,19,20,27)/t14-/m0/s1. The van der Waals surface area contributed by atoms with Crippen molar-refractivity contribution in [3.05, 3.63) is 50.2 Å². The number of ether oxygens (including phenoxy) is 1. The third kappa shape index (κ3) is 4.42. The van der Waals surface area contributed by atoms with Crippen molar-refractivity contribution in [3.8, 4) is 0 Å². The number of Topliss-reactive ketones (excluding diaryl/α,β-unsaturated/α-hetero) is 1. The van der Waals surface area contributed by atoms with Gasteiger partial charge in [0.2, 0.25) is 0 Å². The third-order valence-corrected chi connectivity index (χ3v) is 4.43. The predicted molar refractivity (Wildman–Crippen MR) is 103 cm³/mol. The fourth-order valence-electron chi connectivity index (χ4n) is 2.70. The first-order valence-electron chi connectivity index (χ1n) is 8.14. The van der Waals surface area contributed by atoms with Crippen LogP contribution in [0.3, 0.4) is 0 Å². The molecule has 2 rings (SSSR count). The molecule has 0 aromatic heterocycles. The molecule has 10 heteroatoms. The summed E-state index contributed by atoms with van der Waals surface area (Å²) in [6.07, 6.45) is 0. The van der Waals surface area contributed by atoms with E-state index in [4.69, 9.17) is 28.6 Å². The summed E-state index contributed by atoms with van der Waals surface area (Å²) in [5, 5.41) is 17.2. The molecule has 0 aliphatic carbocycles. The number of esters is 1. The van der Waals surface area contributed by atoms with Crippen LogP contribution >= 0.6 is 23.8 Å². The first-order chi connectivity index (χ1) is 12.7. The normalized spacial score (nSPS) is 16.6. The average molecular weight is 412 g/mol. The molecular weight excluding hydrogens is 394 g/mol. The van der Waals surface area contributed by atoms with Crippen molar-refractivity contribution < 1.29 is 19.2 Å². The number of carbonyl (C=O) groups excluding carboxylic acids is 2. The van der Waals surface area contributed by atoms with Crippen LogP contribution in [-0.4, -0.2) is 28.4 Å². The molecule has 1 aromatic rings. The first kappa shape index (κ1) is 20.8. The van der Waals surface area contributed by atoms with E-state index in [2.05, 4.69) is 10.6 Å². The van der Waals surface area contributed by atoms with Gasteiger partial charge in [0.1, 0.15) is 5.02 Å². The van der Waals surface area contributed by atoms with Crippen LogP contribution in [0.2, 0.25) is 5.02 Å². The summed E-state index contributed by atoms with van der Waals surface area (Å²) in [4.78, 5) is 35.4. The van der Waals surface area contributed by atoms with Gasteiger partial charge in [0.15, 0.2) is 5.11 Å². The molecule has 0 unspecified atom stereocenters. The monoisotopic (exact) mass is 411 g/mol. The van der Waals surface area contributed by atoms with Crippen LogP contribution in [0, 0.1) is 16.0 Å². The Morgan fingerprint density at radius 1 is 1.41 bits per heavy atom. The number of thiocarbonyl (C=S) groups is 1. The van der Waals surface area contributed by atoms with E-state index in [9.17, 15) is 19.7 Å². The van der Waals surface area contributed by atoms with Crippen molar-refractivity contribution in [2.75, 3.05) is 6.61 Å². The van der Waals surface area contributed by atoms with Gasteiger partial charge in [-0.25, -0.2) is 4.79 Å². The van der Waals surface area contributed by atoms with E-state index in [1.165, 1.54) is 18.2 Å². The van der Waals surface area contributed by atoms with Crippen molar-refractivity contribution in [2.45, 2.75) is 26.8 Å². The highest BCUT2D eigenvalue weighted by Gasteiger charge is 2.36. The number of hydrogen-bond donors (Lipinski definition) is 2. The zero-order valence-electron chi connectivity index (χ0n) is 14.9. The lowest BCUT2D eigenvalue weighted by atomic mass is 9.88. The Kier molecular flexibility index (Phi) is 6.50. The van der Waals surface area contributed by atoms with Gasteiger partial charge in [0.25, 0.3) is 11.5 Å². The molecule has 0 radical (unpaired) electrons. The lowest BCUT2D eigenvalue weighted by Crippen LogP contribution is -2.47. The molecule has 1 heterocycles. The van der Waals surface area contributed by atoms with Crippen LogP contribution in [-0.2, 0) is 14.3 Å². The summed E-state index contributed by atoms with van der Waals surface area (Å²) in [5.41, 5.74) is 0.628. The van der Waals surface area contributed by atoms with Gasteiger partial charge in [0, 0.05) is 11.8 Å². The van der Waals surface area contributed by atoms with Crippen LogP contribution in [0.1, 0.15) is 32.4 Å². The maximum Gasteiger partial charge on any atom is 0.379 e. The molecule has 27 heavy (non-hydrogen) atoms. The Morgan fingerprint density at radius 3 is 2.63 bits per heavy atom. The molecule has 0 saturated carbocycles. The second-order valence-corrected chi connectivity index (χ2v) is 6.85. The number of hydrogen-bond acceptors (Lipinski definition) is 6. The quantitative estimate of drug-likeness (QED) is 0.242. The van der Waals surface area contributed by atoms with Gasteiger partial charge in [-0.2, -0.15) is 0 Å². The lowest BCUT2D eigenvalue weighted by molar-refractivity contribution is -0.384. The fraction of sp³-hybridized carbons (Fsp3) is 0.353. The highest BCUT2D eigenvalue weighted by atomic mass is 35.5. The van der Waals surface area contributed by atoms with E-state index in [1.54, 1.807) is 6.92 Å². The second kappa shape index (κ2) is 8.45. The minimum atomic E-state index is -1.00. The van der Waals surface area contributed by atoms with Crippen molar-refractivity contribution in [2.24, 2.45) is 5.92 Å². The summed E-state index contributed by atoms with van der Waals surface area (Å²) in [6.45, 7) is 5.30. The van der Waals surface area contributed by atoms with Crippen molar-refractivity contribution >= 4 is 46.4 Å². The predicted octanol–water partition coefficient (Wildman–Crippen LogP) is 2.81. The lowest BCUT2D eigenvalue weighted by Gasteiger charge is -2.32. The number of allylic oxidation sites excluding steroid dienone is 1. The van der Waals surface area contributed by atoms with Crippen LogP contribution in [0.25, 0.3) is 0 Å². The Balaban J connectivity index is 2.64. The maximum atomic E-state index is 12.8. The van der Waals surface area contributed by atoms with E-state index in [0.29, 0.717) is 11.3 Å². The molecule has 0 bridgehead atoms. The van der Waals surface area contributed by atoms with Gasteiger partial charge >= 0.3 is 5.97 Å². The van der Waals surface area contributed by atoms with Gasteiger partial charge in [-0.1, -0.05) is 31.5 Å². The summed E-state index contributed by atoms with van der Waals surface area (Å²) in [7, 11) is 0. The van der Waals surface area contributed by atoms with E-state index >= 15 is 0 Å². The molecule has 1 atom stereocenters. The van der Waals surface area contributed by atoms with Gasteiger partial charge in [-0.3, -0.25) is 14.9 Å². The SMILES string of the molecule is CCOC(=O)C(=O)C1=C(C(C)C)NC(=S)N[C@H]1c1ccc(Cl)c([N+](=O)[O-])c1. The Hall–Kier alpha value is -2.52.